The van der Waals surface area contributed by atoms with E-state index in [1.54, 1.807) is 11.3 Å². The highest BCUT2D eigenvalue weighted by molar-refractivity contribution is 7.16. The van der Waals surface area contributed by atoms with Gasteiger partial charge in [0.15, 0.2) is 0 Å². The molecule has 0 fully saturated rings. The van der Waals surface area contributed by atoms with Gasteiger partial charge in [-0.05, 0) is 48.1 Å². The highest BCUT2D eigenvalue weighted by atomic mass is 32.1. The van der Waals surface area contributed by atoms with Gasteiger partial charge in [0.25, 0.3) is 0 Å². The van der Waals surface area contributed by atoms with Gasteiger partial charge >= 0.3 is 0 Å². The van der Waals surface area contributed by atoms with Crippen molar-refractivity contribution in [3.63, 3.8) is 0 Å². The topological polar surface area (TPSA) is 24.9 Å². The van der Waals surface area contributed by atoms with Crippen LogP contribution in [0.4, 0.5) is 5.69 Å². The number of nitrogens with one attached hydrogen (secondary N) is 1. The molecule has 106 valence electrons. The Hall–Kier alpha value is -1.87. The minimum atomic E-state index is 0.419. The molecule has 0 bridgehead atoms. The highest BCUT2D eigenvalue weighted by Crippen LogP contribution is 2.39. The molecule has 0 radical (unpaired) electrons. The number of rotatable bonds is 2. The van der Waals surface area contributed by atoms with E-state index in [1.165, 1.54) is 34.4 Å². The SMILES string of the molecule is CC1CCC(Nc2ccc3ncsc3c2)c2ccccc21. The third kappa shape index (κ3) is 2.32. The third-order valence-electron chi connectivity index (χ3n) is 4.46. The predicted molar refractivity (Wildman–Crippen MR) is 90.1 cm³/mol. The van der Waals surface area contributed by atoms with E-state index in [9.17, 15) is 0 Å². The summed E-state index contributed by atoms with van der Waals surface area (Å²) in [4.78, 5) is 4.34. The molecule has 3 heteroatoms. The lowest BCUT2D eigenvalue weighted by atomic mass is 9.81. The van der Waals surface area contributed by atoms with Crippen LogP contribution in [0.15, 0.2) is 48.0 Å². The van der Waals surface area contributed by atoms with Gasteiger partial charge in [-0.25, -0.2) is 4.98 Å². The van der Waals surface area contributed by atoms with Crippen LogP contribution in [-0.2, 0) is 0 Å². The van der Waals surface area contributed by atoms with Crippen molar-refractivity contribution < 1.29 is 0 Å². The summed E-state index contributed by atoms with van der Waals surface area (Å²) in [5.41, 5.74) is 7.15. The van der Waals surface area contributed by atoms with Crippen molar-refractivity contribution in [1.82, 2.24) is 4.98 Å². The van der Waals surface area contributed by atoms with Crippen LogP contribution in [0.1, 0.15) is 42.9 Å². The second kappa shape index (κ2) is 5.15. The molecule has 2 unspecified atom stereocenters. The van der Waals surface area contributed by atoms with E-state index in [0.717, 1.165) is 5.52 Å². The predicted octanol–water partition coefficient (Wildman–Crippen LogP) is 5.35. The first kappa shape index (κ1) is 12.8. The van der Waals surface area contributed by atoms with Crippen molar-refractivity contribution in [3.05, 3.63) is 59.1 Å². The van der Waals surface area contributed by atoms with Gasteiger partial charge in [-0.3, -0.25) is 0 Å². The van der Waals surface area contributed by atoms with Crippen LogP contribution in [-0.4, -0.2) is 4.98 Å². The number of aromatic nitrogens is 1. The summed E-state index contributed by atoms with van der Waals surface area (Å²) < 4.78 is 1.25. The van der Waals surface area contributed by atoms with Crippen LogP contribution in [0.2, 0.25) is 0 Å². The molecule has 21 heavy (non-hydrogen) atoms. The molecule has 1 N–H and O–H groups in total. The summed E-state index contributed by atoms with van der Waals surface area (Å²) >= 11 is 1.70. The Morgan fingerprint density at radius 2 is 1.95 bits per heavy atom. The van der Waals surface area contributed by atoms with Crippen LogP contribution >= 0.6 is 11.3 Å². The van der Waals surface area contributed by atoms with Crippen LogP contribution in [0.5, 0.6) is 0 Å². The standard InChI is InChI=1S/C18H18N2S/c1-12-6-8-16(15-5-3-2-4-14(12)15)20-13-7-9-17-18(10-13)21-11-19-17/h2-5,7,9-12,16,20H,6,8H2,1H3. The lowest BCUT2D eigenvalue weighted by molar-refractivity contribution is 0.535. The molecule has 2 atom stereocenters. The van der Waals surface area contributed by atoms with Crippen LogP contribution in [0, 0.1) is 0 Å². The lowest BCUT2D eigenvalue weighted by Gasteiger charge is -2.31. The Bertz CT molecular complexity index is 777. The van der Waals surface area contributed by atoms with Crippen molar-refractivity contribution in [2.24, 2.45) is 0 Å². The minimum Gasteiger partial charge on any atom is -0.378 e. The molecular weight excluding hydrogens is 276 g/mol. The molecule has 0 saturated carbocycles. The average molecular weight is 294 g/mol. The number of anilines is 1. The monoisotopic (exact) mass is 294 g/mol. The van der Waals surface area contributed by atoms with Gasteiger partial charge in [-0.2, -0.15) is 0 Å². The molecule has 0 spiro atoms. The van der Waals surface area contributed by atoms with Gasteiger partial charge < -0.3 is 5.32 Å². The smallest absolute Gasteiger partial charge is 0.0813 e. The van der Waals surface area contributed by atoms with Crippen LogP contribution in [0.3, 0.4) is 0 Å². The number of hydrogen-bond donors (Lipinski definition) is 1. The first-order valence-corrected chi connectivity index (χ1v) is 8.38. The van der Waals surface area contributed by atoms with Gasteiger partial charge in [0, 0.05) is 5.69 Å². The first-order valence-electron chi connectivity index (χ1n) is 7.50. The Labute approximate surface area is 128 Å². The fourth-order valence-corrected chi connectivity index (χ4v) is 4.02. The Morgan fingerprint density at radius 1 is 1.10 bits per heavy atom. The van der Waals surface area contributed by atoms with Crippen LogP contribution < -0.4 is 5.32 Å². The molecule has 0 aliphatic heterocycles. The molecule has 0 amide bonds. The zero-order chi connectivity index (χ0) is 14.2. The minimum absolute atomic E-state index is 0.419. The summed E-state index contributed by atoms with van der Waals surface area (Å²) in [6.07, 6.45) is 2.44. The summed E-state index contributed by atoms with van der Waals surface area (Å²) in [5, 5.41) is 3.72. The summed E-state index contributed by atoms with van der Waals surface area (Å²) in [7, 11) is 0. The molecule has 3 aromatic rings. The van der Waals surface area contributed by atoms with Gasteiger partial charge in [0.1, 0.15) is 0 Å². The molecule has 2 aromatic carbocycles. The summed E-state index contributed by atoms with van der Waals surface area (Å²) in [6.45, 7) is 2.33. The second-order valence-corrected chi connectivity index (χ2v) is 6.73. The maximum Gasteiger partial charge on any atom is 0.0813 e. The van der Waals surface area contributed by atoms with E-state index in [0.29, 0.717) is 12.0 Å². The van der Waals surface area contributed by atoms with Gasteiger partial charge in [0.2, 0.25) is 0 Å². The zero-order valence-corrected chi connectivity index (χ0v) is 12.9. The largest absolute Gasteiger partial charge is 0.378 e. The average Bonchev–Trinajstić information content (AvgIpc) is 2.98. The molecule has 1 aromatic heterocycles. The maximum atomic E-state index is 4.34. The maximum absolute atomic E-state index is 4.34. The molecular formula is C18H18N2S. The summed E-state index contributed by atoms with van der Waals surface area (Å²) in [5.74, 6) is 0.670. The van der Waals surface area contributed by atoms with E-state index in [4.69, 9.17) is 0 Å². The number of hydrogen-bond acceptors (Lipinski definition) is 3. The Morgan fingerprint density at radius 3 is 2.86 bits per heavy atom. The second-order valence-electron chi connectivity index (χ2n) is 5.84. The van der Waals surface area contributed by atoms with Gasteiger partial charge in [0.05, 0.1) is 21.8 Å². The van der Waals surface area contributed by atoms with Gasteiger partial charge in [-0.1, -0.05) is 31.2 Å². The van der Waals surface area contributed by atoms with Crippen molar-refractivity contribution >= 4 is 27.2 Å². The molecule has 4 rings (SSSR count). The van der Waals surface area contributed by atoms with Crippen molar-refractivity contribution in [2.75, 3.05) is 5.32 Å². The van der Waals surface area contributed by atoms with Crippen molar-refractivity contribution in [2.45, 2.75) is 31.7 Å². The number of fused-ring (bicyclic) bond motifs is 2. The highest BCUT2D eigenvalue weighted by Gasteiger charge is 2.24. The Kier molecular flexibility index (Phi) is 3.15. The molecule has 0 saturated heterocycles. The molecule has 1 aliphatic carbocycles. The van der Waals surface area contributed by atoms with Crippen molar-refractivity contribution in [3.8, 4) is 0 Å². The first-order chi connectivity index (χ1) is 10.3. The molecule has 2 nitrogen and oxygen atoms in total. The molecule has 1 heterocycles. The van der Waals surface area contributed by atoms with E-state index in [2.05, 4.69) is 59.7 Å². The number of nitrogens with zero attached hydrogens (tertiary/aromatic N) is 1. The van der Waals surface area contributed by atoms with E-state index >= 15 is 0 Å². The fraction of sp³-hybridized carbons (Fsp3) is 0.278. The number of benzene rings is 2. The quantitative estimate of drug-likeness (QED) is 0.689. The van der Waals surface area contributed by atoms with E-state index in [-0.39, 0.29) is 0 Å². The summed E-state index contributed by atoms with van der Waals surface area (Å²) in [6, 6.07) is 15.7. The fourth-order valence-electron chi connectivity index (χ4n) is 3.30. The number of thiazole rings is 1. The van der Waals surface area contributed by atoms with E-state index in [1.807, 2.05) is 5.51 Å². The Balaban J connectivity index is 1.66. The lowest BCUT2D eigenvalue weighted by Crippen LogP contribution is -2.19. The third-order valence-corrected chi connectivity index (χ3v) is 5.25. The van der Waals surface area contributed by atoms with Crippen molar-refractivity contribution in [1.29, 1.82) is 0 Å². The normalized spacial score (nSPS) is 21.2. The van der Waals surface area contributed by atoms with E-state index < -0.39 is 0 Å². The van der Waals surface area contributed by atoms with Crippen LogP contribution in [0.25, 0.3) is 10.2 Å². The van der Waals surface area contributed by atoms with Gasteiger partial charge in [-0.15, -0.1) is 11.3 Å². The molecule has 1 aliphatic rings. The zero-order valence-electron chi connectivity index (χ0n) is 12.0.